The second kappa shape index (κ2) is 5.27. The number of aryl methyl sites for hydroxylation is 1. The Bertz CT molecular complexity index is 576. The molecule has 0 N–H and O–H groups in total. The Morgan fingerprint density at radius 2 is 2.21 bits per heavy atom. The standard InChI is InChI=1S/C16H18N2O/c1-13-6-4-8-15(17-13)9-5-7-14-10-11-18(12-19)16(14,2)3/h4,6-8,12H,10-11H2,1-3H3/b14-7+. The molecule has 2 rings (SSSR count). The van der Waals surface area contributed by atoms with Gasteiger partial charge in [-0.3, -0.25) is 4.79 Å². The second-order valence-corrected chi connectivity index (χ2v) is 5.21. The fraction of sp³-hybridized carbons (Fsp3) is 0.375. The van der Waals surface area contributed by atoms with Crippen LogP contribution in [0.25, 0.3) is 0 Å². The van der Waals surface area contributed by atoms with E-state index in [1.165, 1.54) is 5.57 Å². The minimum atomic E-state index is -0.226. The highest BCUT2D eigenvalue weighted by Gasteiger charge is 2.35. The van der Waals surface area contributed by atoms with Gasteiger partial charge >= 0.3 is 0 Å². The van der Waals surface area contributed by atoms with Crippen molar-refractivity contribution in [3.63, 3.8) is 0 Å². The molecule has 0 atom stereocenters. The van der Waals surface area contributed by atoms with Crippen molar-refractivity contribution >= 4 is 6.41 Å². The first-order valence-electron chi connectivity index (χ1n) is 6.41. The number of likely N-dealkylation sites (tertiary alicyclic amines) is 1. The molecule has 1 amide bonds. The van der Waals surface area contributed by atoms with Gasteiger partial charge < -0.3 is 4.90 Å². The number of hydrogen-bond acceptors (Lipinski definition) is 2. The Labute approximate surface area is 114 Å². The van der Waals surface area contributed by atoms with E-state index >= 15 is 0 Å². The average molecular weight is 254 g/mol. The minimum Gasteiger partial charge on any atom is -0.336 e. The van der Waals surface area contributed by atoms with E-state index in [-0.39, 0.29) is 5.54 Å². The van der Waals surface area contributed by atoms with E-state index in [1.54, 1.807) is 0 Å². The Morgan fingerprint density at radius 3 is 2.84 bits per heavy atom. The van der Waals surface area contributed by atoms with Crippen LogP contribution in [-0.2, 0) is 4.79 Å². The summed E-state index contributed by atoms with van der Waals surface area (Å²) in [5.74, 6) is 6.09. The summed E-state index contributed by atoms with van der Waals surface area (Å²) in [6.45, 7) is 6.82. The molecule has 0 spiro atoms. The van der Waals surface area contributed by atoms with Gasteiger partial charge in [0.25, 0.3) is 0 Å². The Hall–Kier alpha value is -2.08. The molecule has 1 aliphatic rings. The van der Waals surface area contributed by atoms with Crippen molar-refractivity contribution < 1.29 is 4.79 Å². The molecule has 0 aromatic carbocycles. The van der Waals surface area contributed by atoms with E-state index in [2.05, 4.69) is 16.8 Å². The number of nitrogens with zero attached hydrogens (tertiary/aromatic N) is 2. The molecule has 98 valence electrons. The van der Waals surface area contributed by atoms with Gasteiger partial charge in [-0.05, 0) is 56.9 Å². The van der Waals surface area contributed by atoms with Gasteiger partial charge in [0.2, 0.25) is 6.41 Å². The van der Waals surface area contributed by atoms with Crippen molar-refractivity contribution in [3.05, 3.63) is 41.2 Å². The number of carbonyl (C=O) groups is 1. The Kier molecular flexibility index (Phi) is 3.71. The maximum absolute atomic E-state index is 11.0. The first-order valence-corrected chi connectivity index (χ1v) is 6.41. The maximum atomic E-state index is 11.0. The molecule has 1 saturated heterocycles. The number of rotatable bonds is 1. The zero-order valence-corrected chi connectivity index (χ0v) is 11.6. The summed E-state index contributed by atoms with van der Waals surface area (Å²) < 4.78 is 0. The summed E-state index contributed by atoms with van der Waals surface area (Å²) in [6, 6.07) is 5.80. The van der Waals surface area contributed by atoms with Gasteiger partial charge in [-0.1, -0.05) is 12.0 Å². The molecule has 0 radical (unpaired) electrons. The highest BCUT2D eigenvalue weighted by atomic mass is 16.1. The van der Waals surface area contributed by atoms with Crippen molar-refractivity contribution in [2.75, 3.05) is 6.54 Å². The lowest BCUT2D eigenvalue weighted by Gasteiger charge is -2.28. The fourth-order valence-electron chi connectivity index (χ4n) is 2.25. The molecule has 1 aliphatic heterocycles. The van der Waals surface area contributed by atoms with Gasteiger partial charge in [-0.2, -0.15) is 0 Å². The van der Waals surface area contributed by atoms with Crippen molar-refractivity contribution in [2.45, 2.75) is 32.7 Å². The normalized spacial score (nSPS) is 19.1. The molecular formula is C16H18N2O. The van der Waals surface area contributed by atoms with Gasteiger partial charge in [0.05, 0.1) is 5.54 Å². The molecule has 2 heterocycles. The predicted octanol–water partition coefficient (Wildman–Crippen LogP) is 2.31. The molecule has 0 unspecified atom stereocenters. The third-order valence-corrected chi connectivity index (χ3v) is 3.59. The Morgan fingerprint density at radius 1 is 1.42 bits per heavy atom. The third-order valence-electron chi connectivity index (χ3n) is 3.59. The Balaban J connectivity index is 2.19. The largest absolute Gasteiger partial charge is 0.336 e. The molecule has 1 fully saturated rings. The summed E-state index contributed by atoms with van der Waals surface area (Å²) in [4.78, 5) is 17.1. The molecule has 1 aromatic heterocycles. The molecular weight excluding hydrogens is 236 g/mol. The molecule has 0 saturated carbocycles. The van der Waals surface area contributed by atoms with Crippen LogP contribution < -0.4 is 0 Å². The van der Waals surface area contributed by atoms with Gasteiger partial charge in [0, 0.05) is 12.2 Å². The quantitative estimate of drug-likeness (QED) is 0.569. The van der Waals surface area contributed by atoms with Crippen LogP contribution in [0, 0.1) is 18.8 Å². The van der Waals surface area contributed by atoms with Crippen LogP contribution in [0.5, 0.6) is 0 Å². The van der Waals surface area contributed by atoms with Crippen LogP contribution in [0.4, 0.5) is 0 Å². The van der Waals surface area contributed by atoms with Crippen LogP contribution in [0.1, 0.15) is 31.7 Å². The highest BCUT2D eigenvalue weighted by Crippen LogP contribution is 2.32. The van der Waals surface area contributed by atoms with Crippen molar-refractivity contribution in [1.82, 2.24) is 9.88 Å². The highest BCUT2D eigenvalue weighted by molar-refractivity contribution is 5.53. The van der Waals surface area contributed by atoms with E-state index in [4.69, 9.17) is 0 Å². The number of pyridine rings is 1. The van der Waals surface area contributed by atoms with Crippen LogP contribution in [0.3, 0.4) is 0 Å². The summed E-state index contributed by atoms with van der Waals surface area (Å²) in [6.07, 6.45) is 3.73. The second-order valence-electron chi connectivity index (χ2n) is 5.21. The van der Waals surface area contributed by atoms with Crippen LogP contribution in [0.2, 0.25) is 0 Å². The molecule has 3 nitrogen and oxygen atoms in total. The van der Waals surface area contributed by atoms with Crippen molar-refractivity contribution in [2.24, 2.45) is 0 Å². The molecule has 19 heavy (non-hydrogen) atoms. The number of aromatic nitrogens is 1. The van der Waals surface area contributed by atoms with E-state index in [1.807, 2.05) is 49.9 Å². The minimum absolute atomic E-state index is 0.226. The average Bonchev–Trinajstić information content (AvgIpc) is 2.64. The van der Waals surface area contributed by atoms with E-state index in [9.17, 15) is 4.79 Å². The third kappa shape index (κ3) is 2.85. The van der Waals surface area contributed by atoms with Crippen LogP contribution in [0.15, 0.2) is 29.8 Å². The topological polar surface area (TPSA) is 33.2 Å². The lowest BCUT2D eigenvalue weighted by molar-refractivity contribution is -0.120. The van der Waals surface area contributed by atoms with Gasteiger partial charge in [-0.25, -0.2) is 4.98 Å². The maximum Gasteiger partial charge on any atom is 0.210 e. The van der Waals surface area contributed by atoms with E-state index in [0.29, 0.717) is 0 Å². The predicted molar refractivity (Wildman–Crippen MR) is 75.4 cm³/mol. The van der Waals surface area contributed by atoms with Crippen molar-refractivity contribution in [1.29, 1.82) is 0 Å². The monoisotopic (exact) mass is 254 g/mol. The first-order chi connectivity index (χ1) is 9.04. The number of hydrogen-bond donors (Lipinski definition) is 0. The number of allylic oxidation sites excluding steroid dienone is 1. The zero-order chi connectivity index (χ0) is 13.9. The molecule has 0 bridgehead atoms. The van der Waals surface area contributed by atoms with E-state index < -0.39 is 0 Å². The molecule has 0 aliphatic carbocycles. The van der Waals surface area contributed by atoms with E-state index in [0.717, 1.165) is 30.8 Å². The summed E-state index contributed by atoms with van der Waals surface area (Å²) in [7, 11) is 0. The lowest BCUT2D eigenvalue weighted by Crippen LogP contribution is -2.37. The van der Waals surface area contributed by atoms with Gasteiger partial charge in [0.1, 0.15) is 5.69 Å². The number of amides is 1. The zero-order valence-electron chi connectivity index (χ0n) is 11.6. The fourth-order valence-corrected chi connectivity index (χ4v) is 2.25. The molecule has 3 heteroatoms. The summed E-state index contributed by atoms with van der Waals surface area (Å²) >= 11 is 0. The van der Waals surface area contributed by atoms with Crippen LogP contribution in [-0.4, -0.2) is 28.4 Å². The molecule has 1 aromatic rings. The smallest absolute Gasteiger partial charge is 0.210 e. The lowest BCUT2D eigenvalue weighted by atomic mass is 9.95. The summed E-state index contributed by atoms with van der Waals surface area (Å²) in [5, 5.41) is 0. The van der Waals surface area contributed by atoms with Gasteiger partial charge in [-0.15, -0.1) is 0 Å². The summed E-state index contributed by atoms with van der Waals surface area (Å²) in [5.41, 5.74) is 2.71. The van der Waals surface area contributed by atoms with Crippen LogP contribution >= 0.6 is 0 Å². The van der Waals surface area contributed by atoms with Gasteiger partial charge in [0.15, 0.2) is 0 Å². The first kappa shape index (κ1) is 13.4. The SMILES string of the molecule is Cc1cccc(C#C/C=C2\CCN(C=O)C2(C)C)n1. The number of carbonyl (C=O) groups excluding carboxylic acids is 1. The van der Waals surface area contributed by atoms with Crippen molar-refractivity contribution in [3.8, 4) is 11.8 Å².